The van der Waals surface area contributed by atoms with Crippen LogP contribution in [-0.2, 0) is 9.59 Å². The Hall–Kier alpha value is -3.82. The molecule has 0 aromatic heterocycles. The normalized spacial score (nSPS) is 12.6. The van der Waals surface area contributed by atoms with E-state index in [9.17, 15) is 19.7 Å². The van der Waals surface area contributed by atoms with Crippen LogP contribution in [-0.4, -0.2) is 44.1 Å². The molecular weight excluding hydrogens is 370 g/mol. The van der Waals surface area contributed by atoms with E-state index in [2.05, 4.69) is 5.32 Å². The minimum absolute atomic E-state index is 0.0457. The lowest BCUT2D eigenvalue weighted by Crippen LogP contribution is -2.41. The molecule has 0 aliphatic carbocycles. The van der Waals surface area contributed by atoms with Gasteiger partial charge in [0.15, 0.2) is 17.2 Å². The number of methoxy groups -OCH3 is 2. The minimum Gasteiger partial charge on any atom is -0.493 e. The van der Waals surface area contributed by atoms with Gasteiger partial charge in [0, 0.05) is 17.8 Å². The van der Waals surface area contributed by atoms with Crippen molar-refractivity contribution in [2.24, 2.45) is 0 Å². The zero-order valence-electron chi connectivity index (χ0n) is 15.1. The topological polar surface area (TPSA) is 120 Å². The molecular formula is C18H17N3O7. The standard InChI is InChI=1S/C18H17N3O7/c1-26-14-6-3-11(7-16(14)27-2)19-17(22)9-20-10-18(23)28-15-8-12(21(24)25)4-5-13(15)20/h3-8H,9-10H2,1-2H3,(H,19,22). The maximum Gasteiger partial charge on any atom is 0.331 e. The molecule has 28 heavy (non-hydrogen) atoms. The van der Waals surface area contributed by atoms with Crippen LogP contribution in [0.3, 0.4) is 0 Å². The van der Waals surface area contributed by atoms with Crippen LogP contribution in [0.2, 0.25) is 0 Å². The van der Waals surface area contributed by atoms with Crippen LogP contribution in [0.1, 0.15) is 0 Å². The molecule has 0 bridgehead atoms. The summed E-state index contributed by atoms with van der Waals surface area (Å²) in [6.45, 7) is -0.293. The molecule has 2 aromatic carbocycles. The Morgan fingerprint density at radius 3 is 2.64 bits per heavy atom. The molecule has 1 N–H and O–H groups in total. The van der Waals surface area contributed by atoms with E-state index in [4.69, 9.17) is 14.2 Å². The van der Waals surface area contributed by atoms with Crippen LogP contribution in [0.25, 0.3) is 0 Å². The Morgan fingerprint density at radius 1 is 1.21 bits per heavy atom. The minimum atomic E-state index is -0.605. The van der Waals surface area contributed by atoms with Crippen LogP contribution in [0.4, 0.5) is 17.1 Å². The van der Waals surface area contributed by atoms with E-state index in [1.165, 1.54) is 31.3 Å². The number of rotatable bonds is 6. The van der Waals surface area contributed by atoms with E-state index in [0.29, 0.717) is 22.9 Å². The van der Waals surface area contributed by atoms with Gasteiger partial charge in [0.1, 0.15) is 6.54 Å². The average molecular weight is 387 g/mol. The Labute approximate surface area is 159 Å². The third kappa shape index (κ3) is 3.95. The van der Waals surface area contributed by atoms with E-state index >= 15 is 0 Å². The molecule has 1 amide bonds. The van der Waals surface area contributed by atoms with Gasteiger partial charge in [0.2, 0.25) is 5.91 Å². The number of anilines is 2. The number of non-ortho nitro benzene ring substituents is 1. The van der Waals surface area contributed by atoms with E-state index in [1.807, 2.05) is 0 Å². The average Bonchev–Trinajstić information content (AvgIpc) is 2.67. The molecule has 146 valence electrons. The summed E-state index contributed by atoms with van der Waals surface area (Å²) < 4.78 is 15.4. The largest absolute Gasteiger partial charge is 0.493 e. The fraction of sp³-hybridized carbons (Fsp3) is 0.222. The van der Waals surface area contributed by atoms with Crippen molar-refractivity contribution in [3.05, 3.63) is 46.5 Å². The van der Waals surface area contributed by atoms with Crippen LogP contribution in [0.15, 0.2) is 36.4 Å². The van der Waals surface area contributed by atoms with E-state index < -0.39 is 10.9 Å². The lowest BCUT2D eigenvalue weighted by molar-refractivity contribution is -0.384. The van der Waals surface area contributed by atoms with E-state index in [1.54, 1.807) is 18.2 Å². The first-order valence-corrected chi connectivity index (χ1v) is 8.17. The fourth-order valence-electron chi connectivity index (χ4n) is 2.78. The number of nitrogens with zero attached hydrogens (tertiary/aromatic N) is 2. The fourth-order valence-corrected chi connectivity index (χ4v) is 2.78. The van der Waals surface area contributed by atoms with Gasteiger partial charge in [-0.05, 0) is 18.2 Å². The molecule has 0 radical (unpaired) electrons. The Morgan fingerprint density at radius 2 is 1.96 bits per heavy atom. The molecule has 0 atom stereocenters. The zero-order chi connectivity index (χ0) is 20.3. The van der Waals surface area contributed by atoms with Crippen LogP contribution < -0.4 is 24.4 Å². The van der Waals surface area contributed by atoms with Gasteiger partial charge in [-0.3, -0.25) is 14.9 Å². The number of hydrogen-bond donors (Lipinski definition) is 1. The molecule has 0 spiro atoms. The Bertz CT molecular complexity index is 945. The van der Waals surface area contributed by atoms with Crippen molar-refractivity contribution >= 4 is 28.9 Å². The van der Waals surface area contributed by atoms with Crippen LogP contribution in [0, 0.1) is 10.1 Å². The summed E-state index contributed by atoms with van der Waals surface area (Å²) in [5.74, 6) is 0.0387. The van der Waals surface area contributed by atoms with Crippen molar-refractivity contribution in [2.45, 2.75) is 0 Å². The molecule has 0 unspecified atom stereocenters. The molecule has 0 saturated heterocycles. The van der Waals surface area contributed by atoms with Gasteiger partial charge < -0.3 is 24.4 Å². The number of nitrogens with one attached hydrogen (secondary N) is 1. The first kappa shape index (κ1) is 19.0. The predicted octanol–water partition coefficient (Wildman–Crippen LogP) is 1.98. The Kier molecular flexibility index (Phi) is 5.30. The van der Waals surface area contributed by atoms with Crippen molar-refractivity contribution < 1.29 is 28.7 Å². The van der Waals surface area contributed by atoms with Gasteiger partial charge in [0.05, 0.1) is 37.4 Å². The molecule has 0 saturated carbocycles. The lowest BCUT2D eigenvalue weighted by Gasteiger charge is -2.29. The SMILES string of the molecule is COc1ccc(NC(=O)CN2CC(=O)Oc3cc([N+](=O)[O-])ccc32)cc1OC. The molecule has 1 heterocycles. The highest BCUT2D eigenvalue weighted by Crippen LogP contribution is 2.35. The number of esters is 1. The van der Waals surface area contributed by atoms with Crippen molar-refractivity contribution in [3.8, 4) is 17.2 Å². The monoisotopic (exact) mass is 387 g/mol. The number of benzene rings is 2. The first-order chi connectivity index (χ1) is 13.4. The summed E-state index contributed by atoms with van der Waals surface area (Å²) in [6.07, 6.45) is 0. The third-order valence-electron chi connectivity index (χ3n) is 4.04. The number of carbonyl (C=O) groups is 2. The van der Waals surface area contributed by atoms with Crippen molar-refractivity contribution in [1.29, 1.82) is 0 Å². The summed E-state index contributed by atoms with van der Waals surface area (Å²) in [5.41, 5.74) is 0.710. The predicted molar refractivity (Wildman–Crippen MR) is 99.1 cm³/mol. The van der Waals surface area contributed by atoms with Crippen molar-refractivity contribution in [2.75, 3.05) is 37.5 Å². The molecule has 0 fully saturated rings. The van der Waals surface area contributed by atoms with Crippen LogP contribution in [0.5, 0.6) is 17.2 Å². The Balaban J connectivity index is 1.76. The number of nitro groups is 1. The smallest absolute Gasteiger partial charge is 0.331 e. The molecule has 1 aliphatic heterocycles. The number of fused-ring (bicyclic) bond motifs is 1. The third-order valence-corrected chi connectivity index (χ3v) is 4.04. The summed E-state index contributed by atoms with van der Waals surface area (Å²) in [6, 6.07) is 8.81. The van der Waals surface area contributed by atoms with Crippen LogP contribution >= 0.6 is 0 Å². The summed E-state index contributed by atoms with van der Waals surface area (Å²) in [7, 11) is 2.99. The first-order valence-electron chi connectivity index (χ1n) is 8.17. The number of amides is 1. The van der Waals surface area contributed by atoms with Crippen molar-refractivity contribution in [1.82, 2.24) is 0 Å². The van der Waals surface area contributed by atoms with Gasteiger partial charge in [0.25, 0.3) is 5.69 Å². The highest BCUT2D eigenvalue weighted by molar-refractivity contribution is 5.96. The highest BCUT2D eigenvalue weighted by Gasteiger charge is 2.27. The lowest BCUT2D eigenvalue weighted by atomic mass is 10.2. The summed E-state index contributed by atoms with van der Waals surface area (Å²) in [5, 5.41) is 13.6. The van der Waals surface area contributed by atoms with Crippen molar-refractivity contribution in [3.63, 3.8) is 0 Å². The maximum absolute atomic E-state index is 12.4. The maximum atomic E-state index is 12.4. The van der Waals surface area contributed by atoms with Gasteiger partial charge >= 0.3 is 5.97 Å². The molecule has 10 nitrogen and oxygen atoms in total. The molecule has 10 heteroatoms. The second kappa shape index (κ2) is 7.82. The van der Waals surface area contributed by atoms with Gasteiger partial charge in [-0.25, -0.2) is 4.79 Å². The van der Waals surface area contributed by atoms with E-state index in [-0.39, 0.29) is 30.4 Å². The second-order valence-corrected chi connectivity index (χ2v) is 5.86. The van der Waals surface area contributed by atoms with E-state index in [0.717, 1.165) is 6.07 Å². The number of ether oxygens (including phenoxy) is 3. The summed E-state index contributed by atoms with van der Waals surface area (Å²) in [4.78, 5) is 36.1. The van der Waals surface area contributed by atoms with Gasteiger partial charge in [-0.1, -0.05) is 0 Å². The second-order valence-electron chi connectivity index (χ2n) is 5.86. The molecule has 3 rings (SSSR count). The molecule has 2 aromatic rings. The molecule has 1 aliphatic rings. The zero-order valence-corrected chi connectivity index (χ0v) is 15.1. The van der Waals surface area contributed by atoms with Gasteiger partial charge in [-0.2, -0.15) is 0 Å². The number of hydrogen-bond acceptors (Lipinski definition) is 8. The quantitative estimate of drug-likeness (QED) is 0.346. The number of carbonyl (C=O) groups excluding carboxylic acids is 2. The van der Waals surface area contributed by atoms with Gasteiger partial charge in [-0.15, -0.1) is 0 Å². The summed E-state index contributed by atoms with van der Waals surface area (Å²) >= 11 is 0. The highest BCUT2D eigenvalue weighted by atomic mass is 16.6. The number of nitro benzene ring substituents is 1.